The maximum atomic E-state index is 13.8. The third-order valence-electron chi connectivity index (χ3n) is 2.55. The number of nitrogens with zero attached hydrogens (tertiary/aromatic N) is 2. The van der Waals surface area contributed by atoms with Crippen molar-refractivity contribution in [1.82, 2.24) is 4.90 Å². The van der Waals surface area contributed by atoms with Crippen molar-refractivity contribution in [2.75, 3.05) is 19.7 Å². The Balaban J connectivity index is 2.82. The molecule has 0 amide bonds. The summed E-state index contributed by atoms with van der Waals surface area (Å²) < 4.78 is 13.8. The van der Waals surface area contributed by atoms with E-state index in [-0.39, 0.29) is 12.2 Å². The van der Waals surface area contributed by atoms with Crippen molar-refractivity contribution < 1.29 is 9.50 Å². The Hall–Kier alpha value is -1.44. The Morgan fingerprint density at radius 2 is 2.18 bits per heavy atom. The first-order valence-corrected chi connectivity index (χ1v) is 5.73. The van der Waals surface area contributed by atoms with Crippen molar-refractivity contribution in [1.29, 1.82) is 5.26 Å². The lowest BCUT2D eigenvalue weighted by molar-refractivity contribution is 0.189. The van der Waals surface area contributed by atoms with E-state index in [1.165, 1.54) is 6.07 Å². The van der Waals surface area contributed by atoms with Crippen LogP contribution in [-0.4, -0.2) is 29.7 Å². The first-order valence-electron chi connectivity index (χ1n) is 5.73. The lowest BCUT2D eigenvalue weighted by Crippen LogP contribution is -2.27. The molecule has 0 spiro atoms. The van der Waals surface area contributed by atoms with E-state index in [9.17, 15) is 4.39 Å². The molecule has 0 unspecified atom stereocenters. The van der Waals surface area contributed by atoms with Crippen LogP contribution >= 0.6 is 0 Å². The molecule has 0 fully saturated rings. The van der Waals surface area contributed by atoms with E-state index in [4.69, 9.17) is 10.4 Å². The Morgan fingerprint density at radius 1 is 1.41 bits per heavy atom. The highest BCUT2D eigenvalue weighted by atomic mass is 19.1. The van der Waals surface area contributed by atoms with Gasteiger partial charge < -0.3 is 5.11 Å². The van der Waals surface area contributed by atoms with Gasteiger partial charge in [-0.2, -0.15) is 5.26 Å². The summed E-state index contributed by atoms with van der Waals surface area (Å²) >= 11 is 0. The number of aliphatic hydroxyl groups excluding tert-OH is 1. The van der Waals surface area contributed by atoms with Gasteiger partial charge in [-0.15, -0.1) is 0 Å². The number of benzene rings is 1. The summed E-state index contributed by atoms with van der Waals surface area (Å²) in [6, 6.07) is 6.65. The van der Waals surface area contributed by atoms with Crippen LogP contribution in [0.3, 0.4) is 0 Å². The Morgan fingerprint density at radius 3 is 2.76 bits per heavy atom. The molecule has 1 N–H and O–H groups in total. The van der Waals surface area contributed by atoms with Gasteiger partial charge in [-0.05, 0) is 19.0 Å². The summed E-state index contributed by atoms with van der Waals surface area (Å²) in [6.45, 7) is 3.84. The van der Waals surface area contributed by atoms with Gasteiger partial charge in [-0.3, -0.25) is 4.90 Å². The van der Waals surface area contributed by atoms with Gasteiger partial charge in [0.05, 0.1) is 12.2 Å². The molecule has 1 aromatic carbocycles. The monoisotopic (exact) mass is 236 g/mol. The third-order valence-corrected chi connectivity index (χ3v) is 2.55. The minimum Gasteiger partial charge on any atom is -0.395 e. The maximum Gasteiger partial charge on any atom is 0.145 e. The first kappa shape index (κ1) is 13.6. The third kappa shape index (κ3) is 3.81. The number of rotatable bonds is 6. The molecular formula is C13H17FN2O. The van der Waals surface area contributed by atoms with Crippen LogP contribution in [0.25, 0.3) is 0 Å². The van der Waals surface area contributed by atoms with Crippen LogP contribution in [0.1, 0.15) is 24.5 Å². The number of hydrogen-bond acceptors (Lipinski definition) is 3. The summed E-state index contributed by atoms with van der Waals surface area (Å²) in [5.74, 6) is -0.450. The van der Waals surface area contributed by atoms with Gasteiger partial charge in [0.2, 0.25) is 0 Å². The molecule has 0 aliphatic carbocycles. The van der Waals surface area contributed by atoms with Crippen molar-refractivity contribution in [2.45, 2.75) is 19.9 Å². The second-order valence-corrected chi connectivity index (χ2v) is 3.89. The van der Waals surface area contributed by atoms with Gasteiger partial charge in [-0.1, -0.05) is 19.1 Å². The Labute approximate surface area is 101 Å². The van der Waals surface area contributed by atoms with Gasteiger partial charge in [0, 0.05) is 18.7 Å². The summed E-state index contributed by atoms with van der Waals surface area (Å²) in [5, 5.41) is 17.7. The second kappa shape index (κ2) is 7.00. The van der Waals surface area contributed by atoms with Crippen LogP contribution < -0.4 is 0 Å². The van der Waals surface area contributed by atoms with Crippen LogP contribution in [0, 0.1) is 17.1 Å². The predicted molar refractivity (Wildman–Crippen MR) is 63.8 cm³/mol. The predicted octanol–water partition coefficient (Wildman–Crippen LogP) is 1.90. The van der Waals surface area contributed by atoms with E-state index in [0.29, 0.717) is 18.7 Å². The molecule has 1 aromatic rings. The highest BCUT2D eigenvalue weighted by Gasteiger charge is 2.11. The molecule has 0 bridgehead atoms. The molecule has 0 aliphatic rings. The van der Waals surface area contributed by atoms with Crippen molar-refractivity contribution in [3.8, 4) is 6.07 Å². The van der Waals surface area contributed by atoms with Crippen LogP contribution in [0.15, 0.2) is 18.2 Å². The van der Waals surface area contributed by atoms with E-state index in [1.807, 2.05) is 17.9 Å². The quantitative estimate of drug-likeness (QED) is 0.820. The van der Waals surface area contributed by atoms with Crippen LogP contribution in [-0.2, 0) is 6.54 Å². The van der Waals surface area contributed by atoms with E-state index in [2.05, 4.69) is 0 Å². The number of halogens is 1. The molecule has 0 aliphatic heterocycles. The summed E-state index contributed by atoms with van der Waals surface area (Å²) in [7, 11) is 0. The molecule has 0 heterocycles. The average molecular weight is 236 g/mol. The highest BCUT2D eigenvalue weighted by molar-refractivity contribution is 5.34. The summed E-state index contributed by atoms with van der Waals surface area (Å²) in [6.07, 6.45) is 0.944. The lowest BCUT2D eigenvalue weighted by atomic mass is 10.1. The zero-order chi connectivity index (χ0) is 12.7. The van der Waals surface area contributed by atoms with E-state index in [1.54, 1.807) is 12.1 Å². The molecule has 1 rings (SSSR count). The fraction of sp³-hybridized carbons (Fsp3) is 0.462. The van der Waals surface area contributed by atoms with Crippen LogP contribution in [0.2, 0.25) is 0 Å². The standard InChI is InChI=1S/C13H17FN2O/c1-2-6-16(7-8-17)10-12-5-3-4-11(9-15)13(12)14/h3-5,17H,2,6-8,10H2,1H3. The molecule has 0 aromatic heterocycles. The van der Waals surface area contributed by atoms with Gasteiger partial charge >= 0.3 is 0 Å². The topological polar surface area (TPSA) is 47.3 Å². The SMILES string of the molecule is CCCN(CCO)Cc1cccc(C#N)c1F. The molecule has 0 saturated heterocycles. The smallest absolute Gasteiger partial charge is 0.145 e. The fourth-order valence-electron chi connectivity index (χ4n) is 1.76. The number of nitriles is 1. The van der Waals surface area contributed by atoms with Gasteiger partial charge in [0.15, 0.2) is 0 Å². The number of aliphatic hydroxyl groups is 1. The van der Waals surface area contributed by atoms with Crippen molar-refractivity contribution in [3.05, 3.63) is 35.1 Å². The van der Waals surface area contributed by atoms with Crippen molar-refractivity contribution in [2.24, 2.45) is 0 Å². The van der Waals surface area contributed by atoms with Crippen molar-refractivity contribution in [3.63, 3.8) is 0 Å². The normalized spacial score (nSPS) is 10.5. The van der Waals surface area contributed by atoms with Crippen LogP contribution in [0.5, 0.6) is 0 Å². The molecule has 3 nitrogen and oxygen atoms in total. The first-order chi connectivity index (χ1) is 8.22. The minimum absolute atomic E-state index is 0.0551. The van der Waals surface area contributed by atoms with Gasteiger partial charge in [-0.25, -0.2) is 4.39 Å². The zero-order valence-corrected chi connectivity index (χ0v) is 9.99. The van der Waals surface area contributed by atoms with Crippen LogP contribution in [0.4, 0.5) is 4.39 Å². The fourth-order valence-corrected chi connectivity index (χ4v) is 1.76. The van der Waals surface area contributed by atoms with Gasteiger partial charge in [0.25, 0.3) is 0 Å². The lowest BCUT2D eigenvalue weighted by Gasteiger charge is -2.20. The van der Waals surface area contributed by atoms with E-state index in [0.717, 1.165) is 13.0 Å². The molecule has 0 atom stereocenters. The Bertz CT molecular complexity index is 395. The largest absolute Gasteiger partial charge is 0.395 e. The molecule has 0 radical (unpaired) electrons. The molecule has 4 heteroatoms. The molecule has 17 heavy (non-hydrogen) atoms. The average Bonchev–Trinajstić information content (AvgIpc) is 2.32. The second-order valence-electron chi connectivity index (χ2n) is 3.89. The van der Waals surface area contributed by atoms with Gasteiger partial charge in [0.1, 0.15) is 11.9 Å². The molecular weight excluding hydrogens is 219 g/mol. The Kier molecular flexibility index (Phi) is 5.61. The minimum atomic E-state index is -0.450. The molecule has 92 valence electrons. The summed E-state index contributed by atoms with van der Waals surface area (Å²) in [5.41, 5.74) is 0.578. The van der Waals surface area contributed by atoms with E-state index < -0.39 is 5.82 Å². The summed E-state index contributed by atoms with van der Waals surface area (Å²) in [4.78, 5) is 1.97. The number of hydrogen-bond donors (Lipinski definition) is 1. The van der Waals surface area contributed by atoms with Crippen molar-refractivity contribution >= 4 is 0 Å². The van der Waals surface area contributed by atoms with E-state index >= 15 is 0 Å². The highest BCUT2D eigenvalue weighted by Crippen LogP contribution is 2.14. The molecule has 0 saturated carbocycles. The maximum absolute atomic E-state index is 13.8. The zero-order valence-electron chi connectivity index (χ0n) is 9.99.